The van der Waals surface area contributed by atoms with Crippen LogP contribution in [0.5, 0.6) is 0 Å². The third kappa shape index (κ3) is 2.19. The lowest BCUT2D eigenvalue weighted by molar-refractivity contribution is 0.924. The van der Waals surface area contributed by atoms with Gasteiger partial charge in [0.25, 0.3) is 0 Å². The smallest absolute Gasteiger partial charge is 0.236 e. The van der Waals surface area contributed by atoms with Crippen molar-refractivity contribution in [2.45, 2.75) is 6.42 Å². The van der Waals surface area contributed by atoms with Gasteiger partial charge in [0.15, 0.2) is 0 Å². The summed E-state index contributed by atoms with van der Waals surface area (Å²) in [5.41, 5.74) is 6.82. The number of hydrogen-bond acceptors (Lipinski definition) is 7. The Balaban J connectivity index is 2.28. The van der Waals surface area contributed by atoms with Crippen molar-refractivity contribution in [3.05, 3.63) is 11.1 Å². The molecule has 0 aromatic carbocycles. The number of nitrogens with two attached hydrogens (primary N) is 1. The number of nitrogens with one attached hydrogen (secondary N) is 1. The van der Waals surface area contributed by atoms with Gasteiger partial charge in [0.1, 0.15) is 0 Å². The number of hydrogen-bond donors (Lipinski definition) is 2. The van der Waals surface area contributed by atoms with E-state index in [1.807, 2.05) is 11.9 Å². The molecule has 7 heteroatoms. The van der Waals surface area contributed by atoms with E-state index in [1.165, 1.54) is 5.70 Å². The third-order valence-electron chi connectivity index (χ3n) is 2.29. The predicted octanol–water partition coefficient (Wildman–Crippen LogP) is 0.910. The number of rotatable bonds is 3. The van der Waals surface area contributed by atoms with Crippen LogP contribution in [0.1, 0.15) is 6.42 Å². The quantitative estimate of drug-likeness (QED) is 0.810. The summed E-state index contributed by atoms with van der Waals surface area (Å²) < 4.78 is 0. The van der Waals surface area contributed by atoms with Crippen molar-refractivity contribution in [3.63, 3.8) is 0 Å². The lowest BCUT2D eigenvalue weighted by Crippen LogP contribution is -2.20. The van der Waals surface area contributed by atoms with Crippen LogP contribution in [0, 0.1) is 0 Å². The topological polar surface area (TPSA) is 80.0 Å². The highest BCUT2D eigenvalue weighted by Crippen LogP contribution is 2.26. The molecule has 0 saturated carbocycles. The van der Waals surface area contributed by atoms with Crippen molar-refractivity contribution in [1.29, 1.82) is 0 Å². The second-order valence-corrected chi connectivity index (χ2v) is 4.33. The average Bonchev–Trinajstić information content (AvgIpc) is 2.80. The first-order chi connectivity index (χ1) is 7.70. The Hall–Kier alpha value is -1.50. The number of allylic oxidation sites excluding steroid dienone is 1. The highest BCUT2D eigenvalue weighted by Gasteiger charge is 2.15. The third-order valence-corrected chi connectivity index (χ3v) is 3.17. The van der Waals surface area contributed by atoms with Gasteiger partial charge in [-0.1, -0.05) is 0 Å². The fourth-order valence-electron chi connectivity index (χ4n) is 1.40. The fourth-order valence-corrected chi connectivity index (χ4v) is 2.31. The molecular formula is C9H14N6S. The maximum Gasteiger partial charge on any atom is 0.236 e. The summed E-state index contributed by atoms with van der Waals surface area (Å²) in [6.45, 7) is 0. The summed E-state index contributed by atoms with van der Waals surface area (Å²) in [6.07, 6.45) is 1.03. The van der Waals surface area contributed by atoms with Gasteiger partial charge in [0, 0.05) is 25.5 Å². The van der Waals surface area contributed by atoms with E-state index in [0.717, 1.165) is 12.2 Å². The lowest BCUT2D eigenvalue weighted by Gasteiger charge is -2.18. The van der Waals surface area contributed by atoms with Crippen molar-refractivity contribution in [3.8, 4) is 0 Å². The van der Waals surface area contributed by atoms with E-state index >= 15 is 0 Å². The van der Waals surface area contributed by atoms with Crippen molar-refractivity contribution in [2.24, 2.45) is 0 Å². The van der Waals surface area contributed by atoms with E-state index in [9.17, 15) is 0 Å². The van der Waals surface area contributed by atoms with E-state index in [2.05, 4.69) is 25.7 Å². The van der Waals surface area contributed by atoms with E-state index in [-0.39, 0.29) is 5.95 Å². The zero-order chi connectivity index (χ0) is 11.5. The summed E-state index contributed by atoms with van der Waals surface area (Å²) in [5, 5.41) is 4.98. The van der Waals surface area contributed by atoms with Gasteiger partial charge >= 0.3 is 0 Å². The average molecular weight is 238 g/mol. The van der Waals surface area contributed by atoms with E-state index in [0.29, 0.717) is 11.9 Å². The minimum Gasteiger partial charge on any atom is -0.368 e. The molecule has 0 fully saturated rings. The predicted molar refractivity (Wildman–Crippen MR) is 67.3 cm³/mol. The van der Waals surface area contributed by atoms with Gasteiger partial charge in [-0.25, -0.2) is 0 Å². The Kier molecular flexibility index (Phi) is 3.14. The minimum atomic E-state index is 0.229. The molecule has 0 atom stereocenters. The summed E-state index contributed by atoms with van der Waals surface area (Å²) in [4.78, 5) is 14.3. The number of thioether (sulfide) groups is 1. The van der Waals surface area contributed by atoms with Crippen molar-refractivity contribution in [2.75, 3.05) is 35.8 Å². The maximum absolute atomic E-state index is 5.62. The Morgan fingerprint density at radius 2 is 2.25 bits per heavy atom. The van der Waals surface area contributed by atoms with E-state index in [1.54, 1.807) is 18.8 Å². The summed E-state index contributed by atoms with van der Waals surface area (Å²) in [5.74, 6) is 2.40. The summed E-state index contributed by atoms with van der Waals surface area (Å²) in [7, 11) is 3.69. The highest BCUT2D eigenvalue weighted by molar-refractivity contribution is 8.02. The Morgan fingerprint density at radius 3 is 2.88 bits per heavy atom. The summed E-state index contributed by atoms with van der Waals surface area (Å²) >= 11 is 1.80. The molecule has 2 heterocycles. The second-order valence-electron chi connectivity index (χ2n) is 3.36. The Bertz CT molecular complexity index is 418. The largest absolute Gasteiger partial charge is 0.368 e. The van der Waals surface area contributed by atoms with Crippen LogP contribution in [0.2, 0.25) is 0 Å². The van der Waals surface area contributed by atoms with Gasteiger partial charge in [-0.15, -0.1) is 11.8 Å². The van der Waals surface area contributed by atoms with Crippen molar-refractivity contribution >= 4 is 29.6 Å². The van der Waals surface area contributed by atoms with Crippen molar-refractivity contribution in [1.82, 2.24) is 15.0 Å². The SMILES string of the molecule is CNc1nc(N)nc(N(C)C2=CSCC2)n1. The molecule has 16 heavy (non-hydrogen) atoms. The number of aromatic nitrogens is 3. The molecule has 2 rings (SSSR count). The van der Waals surface area contributed by atoms with Crippen LogP contribution in [0.3, 0.4) is 0 Å². The maximum atomic E-state index is 5.62. The highest BCUT2D eigenvalue weighted by atomic mass is 32.2. The molecule has 0 spiro atoms. The molecule has 0 unspecified atom stereocenters. The van der Waals surface area contributed by atoms with Crippen LogP contribution < -0.4 is 16.0 Å². The molecule has 0 amide bonds. The zero-order valence-electron chi connectivity index (χ0n) is 9.27. The molecule has 1 aromatic rings. The molecule has 0 bridgehead atoms. The molecule has 3 N–H and O–H groups in total. The Morgan fingerprint density at radius 1 is 1.44 bits per heavy atom. The standard InChI is InChI=1S/C9H14N6S/c1-11-8-12-7(10)13-9(14-8)15(2)6-3-4-16-5-6/h5H,3-4H2,1-2H3,(H3,10,11,12,13,14). The normalized spacial score (nSPS) is 14.8. The van der Waals surface area contributed by atoms with Gasteiger partial charge < -0.3 is 16.0 Å². The molecule has 1 aliphatic rings. The molecule has 6 nitrogen and oxygen atoms in total. The van der Waals surface area contributed by atoms with Crippen LogP contribution >= 0.6 is 11.8 Å². The van der Waals surface area contributed by atoms with Crippen LogP contribution in [0.4, 0.5) is 17.8 Å². The molecule has 0 radical (unpaired) electrons. The molecule has 1 aliphatic heterocycles. The van der Waals surface area contributed by atoms with Crippen LogP contribution in [-0.2, 0) is 0 Å². The molecule has 1 aromatic heterocycles. The molecule has 0 aliphatic carbocycles. The van der Waals surface area contributed by atoms with E-state index < -0.39 is 0 Å². The van der Waals surface area contributed by atoms with Crippen molar-refractivity contribution < 1.29 is 0 Å². The fraction of sp³-hybridized carbons (Fsp3) is 0.444. The molecule has 86 valence electrons. The van der Waals surface area contributed by atoms with Crippen LogP contribution in [0.15, 0.2) is 11.1 Å². The molecular weight excluding hydrogens is 224 g/mol. The first kappa shape index (κ1) is 11.0. The zero-order valence-corrected chi connectivity index (χ0v) is 10.1. The molecule has 0 saturated heterocycles. The first-order valence-corrected chi connectivity index (χ1v) is 5.99. The number of anilines is 3. The van der Waals surface area contributed by atoms with Gasteiger partial charge in [-0.3, -0.25) is 0 Å². The second kappa shape index (κ2) is 4.56. The van der Waals surface area contributed by atoms with Gasteiger partial charge in [-0.2, -0.15) is 15.0 Å². The van der Waals surface area contributed by atoms with Gasteiger partial charge in [0.2, 0.25) is 17.8 Å². The monoisotopic (exact) mass is 238 g/mol. The lowest BCUT2D eigenvalue weighted by atomic mass is 10.3. The van der Waals surface area contributed by atoms with Crippen LogP contribution in [-0.4, -0.2) is 34.8 Å². The van der Waals surface area contributed by atoms with Crippen LogP contribution in [0.25, 0.3) is 0 Å². The van der Waals surface area contributed by atoms with Gasteiger partial charge in [0.05, 0.1) is 0 Å². The number of nitrogen functional groups attached to an aromatic ring is 1. The minimum absolute atomic E-state index is 0.229. The van der Waals surface area contributed by atoms with E-state index in [4.69, 9.17) is 5.73 Å². The van der Waals surface area contributed by atoms with Gasteiger partial charge in [-0.05, 0) is 11.8 Å². The first-order valence-electron chi connectivity index (χ1n) is 4.94. The summed E-state index contributed by atoms with van der Waals surface area (Å²) in [6, 6.07) is 0. The Labute approximate surface area is 98.4 Å². The number of nitrogens with zero attached hydrogens (tertiary/aromatic N) is 4.